The van der Waals surface area contributed by atoms with Crippen LogP contribution in [0.15, 0.2) is 21.4 Å². The molecular formula is C15H20BrN4O2+. The normalized spacial score (nSPS) is 21.9. The van der Waals surface area contributed by atoms with Crippen molar-refractivity contribution in [1.29, 1.82) is 0 Å². The highest BCUT2D eigenvalue weighted by Gasteiger charge is 2.22. The smallest absolute Gasteiger partial charge is 0.323 e. The van der Waals surface area contributed by atoms with Crippen LogP contribution in [-0.4, -0.2) is 35.5 Å². The van der Waals surface area contributed by atoms with Gasteiger partial charge in [0.25, 0.3) is 5.91 Å². The van der Waals surface area contributed by atoms with Crippen LogP contribution in [0.1, 0.15) is 19.8 Å². The maximum atomic E-state index is 12.2. The molecule has 1 fully saturated rings. The molecule has 2 aromatic rings. The van der Waals surface area contributed by atoms with Crippen LogP contribution in [0.25, 0.3) is 11.0 Å². The number of piperidine rings is 1. The highest BCUT2D eigenvalue weighted by atomic mass is 79.9. The van der Waals surface area contributed by atoms with Crippen molar-refractivity contribution >= 4 is 38.6 Å². The first kappa shape index (κ1) is 15.3. The third-order valence-electron chi connectivity index (χ3n) is 4.15. The number of nitrogens with one attached hydrogen (secondary N) is 4. The molecule has 0 aliphatic carbocycles. The summed E-state index contributed by atoms with van der Waals surface area (Å²) in [6, 6.07) is 3.56. The van der Waals surface area contributed by atoms with Gasteiger partial charge in [-0.3, -0.25) is 4.79 Å². The van der Waals surface area contributed by atoms with Gasteiger partial charge < -0.3 is 20.2 Å². The van der Waals surface area contributed by atoms with Gasteiger partial charge in [-0.25, -0.2) is 4.79 Å². The fourth-order valence-corrected chi connectivity index (χ4v) is 3.57. The predicted molar refractivity (Wildman–Crippen MR) is 89.2 cm³/mol. The lowest BCUT2D eigenvalue weighted by atomic mass is 10.0. The maximum absolute atomic E-state index is 12.2. The molecule has 4 N–H and O–H groups in total. The average molecular weight is 368 g/mol. The number of hydrogen-bond acceptors (Lipinski definition) is 2. The number of anilines is 1. The zero-order valence-electron chi connectivity index (χ0n) is 12.5. The lowest BCUT2D eigenvalue weighted by molar-refractivity contribution is -0.900. The molecule has 1 aromatic heterocycles. The van der Waals surface area contributed by atoms with E-state index in [9.17, 15) is 9.59 Å². The summed E-state index contributed by atoms with van der Waals surface area (Å²) in [6.45, 7) is 4.84. The second-order valence-corrected chi connectivity index (χ2v) is 6.99. The van der Waals surface area contributed by atoms with E-state index in [2.05, 4.69) is 38.1 Å². The van der Waals surface area contributed by atoms with E-state index in [4.69, 9.17) is 0 Å². The standard InChI is InChI=1S/C15H19BrN4O2/c1-9-3-2-4-20(7-9)8-14(21)17-11-6-13-12(5-10(11)16)18-15(22)19-13/h5-6,9H,2-4,7-8H2,1H3,(H,17,21)(H2,18,19,22)/p+1/t9-/m0/s1. The van der Waals surface area contributed by atoms with Crippen molar-refractivity contribution in [3.05, 3.63) is 27.1 Å². The lowest BCUT2D eigenvalue weighted by Gasteiger charge is -2.27. The highest BCUT2D eigenvalue weighted by Crippen LogP contribution is 2.26. The quantitative estimate of drug-likeness (QED) is 0.649. The molecule has 0 radical (unpaired) electrons. The number of carbonyl (C=O) groups excluding carboxylic acids is 1. The van der Waals surface area contributed by atoms with Crippen molar-refractivity contribution in [2.75, 3.05) is 25.0 Å². The molecule has 1 aromatic carbocycles. The molecule has 6 nitrogen and oxygen atoms in total. The molecule has 2 atom stereocenters. The Morgan fingerprint density at radius 1 is 1.41 bits per heavy atom. The number of amides is 1. The minimum atomic E-state index is -0.253. The van der Waals surface area contributed by atoms with Gasteiger partial charge >= 0.3 is 5.69 Å². The molecule has 22 heavy (non-hydrogen) atoms. The van der Waals surface area contributed by atoms with E-state index in [0.29, 0.717) is 29.2 Å². The summed E-state index contributed by atoms with van der Waals surface area (Å²) < 4.78 is 0.755. The molecular weight excluding hydrogens is 348 g/mol. The molecule has 0 spiro atoms. The second-order valence-electron chi connectivity index (χ2n) is 6.13. The fourth-order valence-electron chi connectivity index (χ4n) is 3.13. The van der Waals surface area contributed by atoms with Crippen LogP contribution in [0.2, 0.25) is 0 Å². The van der Waals surface area contributed by atoms with Crippen LogP contribution in [0.4, 0.5) is 5.69 Å². The van der Waals surface area contributed by atoms with Crippen molar-refractivity contribution < 1.29 is 9.69 Å². The number of H-pyrrole nitrogens is 2. The number of aromatic amines is 2. The molecule has 3 rings (SSSR count). The van der Waals surface area contributed by atoms with E-state index in [1.165, 1.54) is 17.7 Å². The van der Waals surface area contributed by atoms with E-state index >= 15 is 0 Å². The van der Waals surface area contributed by atoms with Crippen LogP contribution < -0.4 is 15.9 Å². The third kappa shape index (κ3) is 3.41. The summed E-state index contributed by atoms with van der Waals surface area (Å²) in [6.07, 6.45) is 2.44. The first-order valence-electron chi connectivity index (χ1n) is 7.56. The van der Waals surface area contributed by atoms with Gasteiger partial charge in [0, 0.05) is 10.4 Å². The van der Waals surface area contributed by atoms with E-state index in [1.54, 1.807) is 12.1 Å². The molecule has 0 bridgehead atoms. The van der Waals surface area contributed by atoms with Crippen LogP contribution >= 0.6 is 15.9 Å². The molecule has 118 valence electrons. The number of fused-ring (bicyclic) bond motifs is 1. The van der Waals surface area contributed by atoms with Gasteiger partial charge in [-0.15, -0.1) is 0 Å². The maximum Gasteiger partial charge on any atom is 0.323 e. The topological polar surface area (TPSA) is 82.2 Å². The number of halogens is 1. The Labute approximate surface area is 136 Å². The van der Waals surface area contributed by atoms with Crippen molar-refractivity contribution in [2.24, 2.45) is 5.92 Å². The monoisotopic (exact) mass is 367 g/mol. The van der Waals surface area contributed by atoms with E-state index < -0.39 is 0 Å². The zero-order valence-corrected chi connectivity index (χ0v) is 14.0. The zero-order chi connectivity index (χ0) is 15.7. The molecule has 1 saturated heterocycles. The van der Waals surface area contributed by atoms with Crippen molar-refractivity contribution in [1.82, 2.24) is 9.97 Å². The summed E-state index contributed by atoms with van der Waals surface area (Å²) in [7, 11) is 0. The Morgan fingerprint density at radius 3 is 2.86 bits per heavy atom. The molecule has 7 heteroatoms. The van der Waals surface area contributed by atoms with Gasteiger partial charge in [0.15, 0.2) is 6.54 Å². The largest absolute Gasteiger partial charge is 0.327 e. The lowest BCUT2D eigenvalue weighted by Crippen LogP contribution is -3.14. The summed E-state index contributed by atoms with van der Waals surface area (Å²) in [5.41, 5.74) is 1.82. The molecule has 1 unspecified atom stereocenters. The van der Waals surface area contributed by atoms with Crippen LogP contribution in [0.5, 0.6) is 0 Å². The third-order valence-corrected chi connectivity index (χ3v) is 4.81. The number of likely N-dealkylation sites (tertiary alicyclic amines) is 1. The fraction of sp³-hybridized carbons (Fsp3) is 0.467. The van der Waals surface area contributed by atoms with Crippen molar-refractivity contribution in [3.63, 3.8) is 0 Å². The number of aromatic nitrogens is 2. The number of imidazole rings is 1. The number of quaternary nitrogens is 1. The summed E-state index contributed by atoms with van der Waals surface area (Å²) in [4.78, 5) is 30.3. The SMILES string of the molecule is C[C@H]1CCC[NH+](CC(=O)Nc2cc3[nH]c(=O)[nH]c3cc2Br)C1. The average Bonchev–Trinajstić information content (AvgIpc) is 2.78. The van der Waals surface area contributed by atoms with Gasteiger partial charge in [0.1, 0.15) is 0 Å². The molecule has 1 aliphatic heterocycles. The van der Waals surface area contributed by atoms with E-state index in [0.717, 1.165) is 17.6 Å². The number of hydrogen-bond donors (Lipinski definition) is 4. The van der Waals surface area contributed by atoms with Crippen LogP contribution in [0, 0.1) is 5.92 Å². The van der Waals surface area contributed by atoms with Gasteiger partial charge in [-0.05, 0) is 40.9 Å². The summed E-state index contributed by atoms with van der Waals surface area (Å²) in [5.74, 6) is 0.687. The Hall–Kier alpha value is -1.60. The van der Waals surface area contributed by atoms with Crippen LogP contribution in [-0.2, 0) is 4.79 Å². The first-order chi connectivity index (χ1) is 10.5. The number of benzene rings is 1. The Morgan fingerprint density at radius 2 is 2.14 bits per heavy atom. The Bertz CT molecular complexity index is 752. The first-order valence-corrected chi connectivity index (χ1v) is 8.35. The van der Waals surface area contributed by atoms with Crippen molar-refractivity contribution in [3.8, 4) is 0 Å². The summed E-state index contributed by atoms with van der Waals surface area (Å²) in [5, 5.41) is 2.93. The minimum Gasteiger partial charge on any atom is -0.327 e. The summed E-state index contributed by atoms with van der Waals surface area (Å²) >= 11 is 3.43. The highest BCUT2D eigenvalue weighted by molar-refractivity contribution is 9.10. The second kappa shape index (κ2) is 6.26. The molecule has 1 amide bonds. The Balaban J connectivity index is 1.70. The van der Waals surface area contributed by atoms with Gasteiger partial charge in [-0.2, -0.15) is 0 Å². The molecule has 0 saturated carbocycles. The minimum absolute atomic E-state index is 0.00188. The van der Waals surface area contributed by atoms with Gasteiger partial charge in [-0.1, -0.05) is 6.92 Å². The predicted octanol–water partition coefficient (Wildman–Crippen LogP) is 0.872. The van der Waals surface area contributed by atoms with Gasteiger partial charge in [0.05, 0.1) is 29.8 Å². The van der Waals surface area contributed by atoms with E-state index in [1.807, 2.05) is 0 Å². The van der Waals surface area contributed by atoms with E-state index in [-0.39, 0.29) is 11.6 Å². The molecule has 2 heterocycles. The van der Waals surface area contributed by atoms with Crippen LogP contribution in [0.3, 0.4) is 0 Å². The number of carbonyl (C=O) groups is 1. The van der Waals surface area contributed by atoms with Gasteiger partial charge in [0.2, 0.25) is 0 Å². The van der Waals surface area contributed by atoms with Crippen molar-refractivity contribution in [2.45, 2.75) is 19.8 Å². The number of rotatable bonds is 3. The molecule has 1 aliphatic rings. The Kier molecular flexibility index (Phi) is 4.35.